The van der Waals surface area contributed by atoms with Gasteiger partial charge in [0.2, 0.25) is 0 Å². The van der Waals surface area contributed by atoms with Gasteiger partial charge < -0.3 is 50.5 Å². The molecule has 0 aromatic heterocycles. The van der Waals surface area contributed by atoms with Crippen molar-refractivity contribution in [1.29, 1.82) is 0 Å². The Morgan fingerprint density at radius 3 is 1.14 bits per heavy atom. The van der Waals surface area contributed by atoms with Gasteiger partial charge in [-0.1, -0.05) is 38.5 Å². The van der Waals surface area contributed by atoms with Crippen molar-refractivity contribution in [3.63, 3.8) is 0 Å². The fourth-order valence-electron chi connectivity index (χ4n) is 2.97. The Bertz CT molecular complexity index is 284. The normalized spacial score (nSPS) is 21.9. The molecule has 0 aromatic carbocycles. The summed E-state index contributed by atoms with van der Waals surface area (Å²) in [6.45, 7) is 0. The van der Waals surface area contributed by atoms with E-state index < -0.39 is 0 Å². The summed E-state index contributed by atoms with van der Waals surface area (Å²) in [6, 6.07) is 0. The molecule has 0 radical (unpaired) electrons. The minimum Gasteiger partial charge on any atom is -0.789 e. The third kappa shape index (κ3) is 8.90. The van der Waals surface area contributed by atoms with Gasteiger partial charge in [-0.2, -0.15) is 0 Å². The predicted molar refractivity (Wildman–Crippen MR) is 98.8 cm³/mol. The molecular formula is C16H24NiS4-4. The van der Waals surface area contributed by atoms with E-state index in [4.69, 9.17) is 50.5 Å². The van der Waals surface area contributed by atoms with Crippen LogP contribution in [0.15, 0.2) is 20.6 Å². The first-order valence-electron chi connectivity index (χ1n) is 7.67. The minimum atomic E-state index is 0. The molecule has 0 aromatic rings. The maximum Gasteiger partial charge on any atom is 0 e. The zero-order chi connectivity index (χ0) is 14.8. The molecule has 2 rings (SSSR count). The van der Waals surface area contributed by atoms with Crippen molar-refractivity contribution in [2.45, 2.75) is 64.2 Å². The van der Waals surface area contributed by atoms with E-state index in [-0.39, 0.29) is 16.5 Å². The molecule has 126 valence electrons. The van der Waals surface area contributed by atoms with Crippen LogP contribution in [-0.4, -0.2) is 0 Å². The molecule has 0 spiro atoms. The van der Waals surface area contributed by atoms with Crippen LogP contribution >= 0.6 is 0 Å². The second-order valence-corrected chi connectivity index (χ2v) is 7.12. The summed E-state index contributed by atoms with van der Waals surface area (Å²) in [5, 5.41) is 3.34. The molecule has 2 saturated carbocycles. The van der Waals surface area contributed by atoms with Gasteiger partial charge in [0.1, 0.15) is 0 Å². The molecule has 0 atom stereocenters. The van der Waals surface area contributed by atoms with Crippen molar-refractivity contribution in [2.24, 2.45) is 11.8 Å². The van der Waals surface area contributed by atoms with Crippen LogP contribution in [0.1, 0.15) is 64.2 Å². The first-order chi connectivity index (χ1) is 9.69. The predicted octanol–water partition coefficient (Wildman–Crippen LogP) is 5.00. The van der Waals surface area contributed by atoms with Gasteiger partial charge >= 0.3 is 0 Å². The molecule has 0 saturated heterocycles. The van der Waals surface area contributed by atoms with E-state index in [0.29, 0.717) is 11.8 Å². The Hall–Kier alpha value is 0.854. The van der Waals surface area contributed by atoms with Gasteiger partial charge in [-0.05, 0) is 37.5 Å². The molecule has 0 heterocycles. The van der Waals surface area contributed by atoms with Crippen LogP contribution in [0.5, 0.6) is 0 Å². The second-order valence-electron chi connectivity index (χ2n) is 5.71. The summed E-state index contributed by atoms with van der Waals surface area (Å²) in [6.07, 6.45) is 13.2. The van der Waals surface area contributed by atoms with Crippen LogP contribution in [0.25, 0.3) is 0 Å². The van der Waals surface area contributed by atoms with E-state index in [0.717, 1.165) is 9.81 Å². The van der Waals surface area contributed by atoms with Crippen molar-refractivity contribution in [1.82, 2.24) is 0 Å². The number of allylic oxidation sites excluding steroid dienone is 2. The van der Waals surface area contributed by atoms with E-state index in [1.165, 1.54) is 64.2 Å². The SMILES string of the molecule is [Ni].[S-]/C=C(\[S-])C1CCCCC1.[S-]/C=C(\[S-])C1CCCCC1. The molecule has 0 aliphatic heterocycles. The number of hydrogen-bond acceptors (Lipinski definition) is 4. The summed E-state index contributed by atoms with van der Waals surface area (Å²) in [5.41, 5.74) is 0. The van der Waals surface area contributed by atoms with Gasteiger partial charge in [0.05, 0.1) is 0 Å². The van der Waals surface area contributed by atoms with Gasteiger partial charge in [-0.3, -0.25) is 0 Å². The Labute approximate surface area is 162 Å². The van der Waals surface area contributed by atoms with E-state index in [9.17, 15) is 0 Å². The molecule has 0 nitrogen and oxygen atoms in total. The Balaban J connectivity index is 0.000000364. The van der Waals surface area contributed by atoms with Gasteiger partial charge in [0, 0.05) is 16.5 Å². The van der Waals surface area contributed by atoms with Crippen molar-refractivity contribution in [3.05, 3.63) is 20.6 Å². The number of hydrogen-bond donors (Lipinski definition) is 0. The van der Waals surface area contributed by atoms with E-state index in [1.807, 2.05) is 0 Å². The summed E-state index contributed by atoms with van der Waals surface area (Å²) in [5.74, 6) is 1.28. The maximum atomic E-state index is 5.12. The summed E-state index contributed by atoms with van der Waals surface area (Å²) in [7, 11) is 0. The van der Waals surface area contributed by atoms with Crippen molar-refractivity contribution >= 4 is 50.5 Å². The molecule has 5 heteroatoms. The smallest absolute Gasteiger partial charge is 0 e. The van der Waals surface area contributed by atoms with Crippen molar-refractivity contribution < 1.29 is 16.5 Å². The van der Waals surface area contributed by atoms with E-state index in [2.05, 4.69) is 0 Å². The van der Waals surface area contributed by atoms with E-state index >= 15 is 0 Å². The average Bonchev–Trinajstić information content (AvgIpc) is 2.55. The fraction of sp³-hybridized carbons (Fsp3) is 0.750. The largest absolute Gasteiger partial charge is 0.789 e. The summed E-state index contributed by atoms with van der Waals surface area (Å²) >= 11 is 19.8. The topological polar surface area (TPSA) is 0 Å². The zero-order valence-corrected chi connectivity index (χ0v) is 16.6. The molecule has 21 heavy (non-hydrogen) atoms. The first-order valence-corrected chi connectivity index (χ1v) is 9.43. The Kier molecular flexibility index (Phi) is 13.8. The van der Waals surface area contributed by atoms with E-state index in [1.54, 1.807) is 10.8 Å². The third-order valence-corrected chi connectivity index (χ3v) is 5.96. The van der Waals surface area contributed by atoms with Crippen molar-refractivity contribution in [3.8, 4) is 0 Å². The Morgan fingerprint density at radius 1 is 0.619 bits per heavy atom. The second kappa shape index (κ2) is 13.3. The molecule has 2 aliphatic carbocycles. The molecule has 0 unspecified atom stereocenters. The van der Waals surface area contributed by atoms with Crippen LogP contribution in [0.2, 0.25) is 0 Å². The summed E-state index contributed by atoms with van der Waals surface area (Å²) in [4.78, 5) is 2.02. The monoisotopic (exact) mass is 402 g/mol. The quantitative estimate of drug-likeness (QED) is 0.470. The van der Waals surface area contributed by atoms with Gasteiger partial charge in [0.15, 0.2) is 0 Å². The molecule has 0 N–H and O–H groups in total. The average molecular weight is 403 g/mol. The van der Waals surface area contributed by atoms with Crippen LogP contribution in [0.4, 0.5) is 0 Å². The third-order valence-electron chi connectivity index (χ3n) is 4.25. The maximum absolute atomic E-state index is 5.12. The van der Waals surface area contributed by atoms with Gasteiger partial charge in [-0.25, -0.2) is 20.6 Å². The minimum absolute atomic E-state index is 0. The molecule has 2 aliphatic rings. The van der Waals surface area contributed by atoms with Crippen LogP contribution in [0, 0.1) is 11.8 Å². The number of rotatable bonds is 2. The summed E-state index contributed by atoms with van der Waals surface area (Å²) < 4.78 is 0. The van der Waals surface area contributed by atoms with Gasteiger partial charge in [-0.15, -0.1) is 0 Å². The first kappa shape index (κ1) is 21.9. The molecule has 0 bridgehead atoms. The van der Waals surface area contributed by atoms with Crippen molar-refractivity contribution in [2.75, 3.05) is 0 Å². The zero-order valence-electron chi connectivity index (χ0n) is 12.3. The molecule has 2 fully saturated rings. The standard InChI is InChI=1S/2C8H14S2.Ni/c2*9-6-8(10)7-4-2-1-3-5-7;/h2*6-7,9-10H,1-5H2;/p-4/b2*8-6-;. The van der Waals surface area contributed by atoms with Crippen LogP contribution in [0.3, 0.4) is 0 Å². The molecule has 0 amide bonds. The van der Waals surface area contributed by atoms with Crippen LogP contribution in [-0.2, 0) is 67.0 Å². The van der Waals surface area contributed by atoms with Gasteiger partial charge in [0.25, 0.3) is 0 Å². The van der Waals surface area contributed by atoms with Crippen LogP contribution < -0.4 is 0 Å². The molecular weight excluding hydrogens is 379 g/mol. The fourth-order valence-corrected chi connectivity index (χ4v) is 3.82. The Morgan fingerprint density at radius 2 is 0.905 bits per heavy atom.